The van der Waals surface area contributed by atoms with E-state index >= 15 is 0 Å². The van der Waals surface area contributed by atoms with Crippen molar-refractivity contribution in [3.8, 4) is 5.88 Å². The lowest BCUT2D eigenvalue weighted by molar-refractivity contribution is -0.137. The van der Waals surface area contributed by atoms with E-state index in [0.29, 0.717) is 16.4 Å². The summed E-state index contributed by atoms with van der Waals surface area (Å²) in [5, 5.41) is 3.58. The second-order valence-electron chi connectivity index (χ2n) is 7.43. The monoisotopic (exact) mass is 435 g/mol. The van der Waals surface area contributed by atoms with E-state index in [9.17, 15) is 13.6 Å². The second-order valence-corrected chi connectivity index (χ2v) is 7.84. The molecule has 2 aliphatic rings. The molecule has 0 radical (unpaired) electrons. The number of aromatic nitrogens is 2. The van der Waals surface area contributed by atoms with Gasteiger partial charge < -0.3 is 19.9 Å². The van der Waals surface area contributed by atoms with Gasteiger partial charge in [0.1, 0.15) is 11.6 Å². The lowest BCUT2D eigenvalue weighted by atomic mass is 9.78. The minimum absolute atomic E-state index is 0.116. The maximum atomic E-state index is 14.2. The number of hydrogen-bond donors (Lipinski definition) is 1. The van der Waals surface area contributed by atoms with Gasteiger partial charge in [-0.15, -0.1) is 0 Å². The topological polar surface area (TPSA) is 70.6 Å². The molecule has 1 N–H and O–H groups in total. The van der Waals surface area contributed by atoms with Gasteiger partial charge in [-0.05, 0) is 25.1 Å². The highest BCUT2D eigenvalue weighted by Crippen LogP contribution is 2.45. The Morgan fingerprint density at radius 2 is 2.10 bits per heavy atom. The molecule has 30 heavy (non-hydrogen) atoms. The molecular formula is C20H20ClF2N5O2. The van der Waals surface area contributed by atoms with E-state index in [0.717, 1.165) is 0 Å². The molecule has 3 heterocycles. The third-order valence-electron chi connectivity index (χ3n) is 5.70. The normalized spacial score (nSPS) is 23.5. The van der Waals surface area contributed by atoms with Crippen LogP contribution < -0.4 is 15.0 Å². The van der Waals surface area contributed by atoms with Gasteiger partial charge in [0.15, 0.2) is 0 Å². The Balaban J connectivity index is 1.85. The molecule has 1 aromatic carbocycles. The van der Waals surface area contributed by atoms with E-state index in [1.54, 1.807) is 11.9 Å². The number of nitrogens with one attached hydrogen (secondary N) is 1. The van der Waals surface area contributed by atoms with E-state index in [1.165, 1.54) is 37.1 Å². The summed E-state index contributed by atoms with van der Waals surface area (Å²) in [7, 11) is 2.93. The SMILES string of the molecule is C=C1N[C@@]2(c3cc(F)ccc3Cl)CN(c3nc(C)c(F)c(OC)n3)C[C@H]2C(=O)N1C. The molecular weight excluding hydrogens is 416 g/mol. The van der Waals surface area contributed by atoms with Gasteiger partial charge in [-0.3, -0.25) is 4.79 Å². The number of carbonyl (C=O) groups excluding carboxylic acids is 1. The Morgan fingerprint density at radius 1 is 1.37 bits per heavy atom. The fourth-order valence-electron chi connectivity index (χ4n) is 4.10. The van der Waals surface area contributed by atoms with E-state index in [4.69, 9.17) is 16.3 Å². The number of amides is 1. The van der Waals surface area contributed by atoms with Crippen molar-refractivity contribution in [3.63, 3.8) is 0 Å². The minimum atomic E-state index is -1.06. The van der Waals surface area contributed by atoms with Crippen molar-refractivity contribution in [2.45, 2.75) is 12.5 Å². The number of carbonyl (C=O) groups is 1. The molecule has 1 aromatic heterocycles. The molecule has 0 saturated carbocycles. The van der Waals surface area contributed by atoms with Gasteiger partial charge in [0.2, 0.25) is 17.7 Å². The number of methoxy groups -OCH3 is 1. The molecule has 7 nitrogen and oxygen atoms in total. The Kier molecular flexibility index (Phi) is 4.80. The third-order valence-corrected chi connectivity index (χ3v) is 6.03. The van der Waals surface area contributed by atoms with Crippen LogP contribution in [0.3, 0.4) is 0 Å². The van der Waals surface area contributed by atoms with E-state index in [2.05, 4.69) is 21.9 Å². The van der Waals surface area contributed by atoms with Crippen LogP contribution in [0.5, 0.6) is 5.88 Å². The number of benzene rings is 1. The first kappa shape index (κ1) is 20.3. The number of aryl methyl sites for hydroxylation is 1. The number of fused-ring (bicyclic) bond motifs is 1. The molecule has 2 aromatic rings. The number of ether oxygens (including phenoxy) is 1. The molecule has 2 aliphatic heterocycles. The predicted octanol–water partition coefficient (Wildman–Crippen LogP) is 2.59. The molecule has 10 heteroatoms. The number of nitrogens with zero attached hydrogens (tertiary/aromatic N) is 4. The first-order valence-electron chi connectivity index (χ1n) is 9.21. The van der Waals surface area contributed by atoms with Gasteiger partial charge in [-0.25, -0.2) is 9.37 Å². The number of anilines is 1. The van der Waals surface area contributed by atoms with E-state index in [1.807, 2.05) is 0 Å². The third kappa shape index (κ3) is 2.96. The van der Waals surface area contributed by atoms with Crippen molar-refractivity contribution >= 4 is 23.5 Å². The van der Waals surface area contributed by atoms with Crippen molar-refractivity contribution in [3.05, 3.63) is 58.5 Å². The van der Waals surface area contributed by atoms with Crippen LogP contribution in [0.2, 0.25) is 5.02 Å². The highest BCUT2D eigenvalue weighted by atomic mass is 35.5. The van der Waals surface area contributed by atoms with Crippen molar-refractivity contribution in [1.82, 2.24) is 20.2 Å². The summed E-state index contributed by atoms with van der Waals surface area (Å²) in [4.78, 5) is 24.7. The smallest absolute Gasteiger partial charge is 0.255 e. The minimum Gasteiger partial charge on any atom is -0.479 e. The van der Waals surface area contributed by atoms with Crippen LogP contribution in [-0.2, 0) is 10.3 Å². The summed E-state index contributed by atoms with van der Waals surface area (Å²) in [6.45, 7) is 5.82. The van der Waals surface area contributed by atoms with E-state index < -0.39 is 23.1 Å². The largest absolute Gasteiger partial charge is 0.479 e. The molecule has 2 atom stereocenters. The van der Waals surface area contributed by atoms with E-state index in [-0.39, 0.29) is 36.5 Å². The van der Waals surface area contributed by atoms with Crippen LogP contribution in [0.4, 0.5) is 14.7 Å². The maximum absolute atomic E-state index is 14.2. The molecule has 0 aliphatic carbocycles. The zero-order valence-electron chi connectivity index (χ0n) is 16.7. The van der Waals surface area contributed by atoms with Gasteiger partial charge in [-0.1, -0.05) is 18.2 Å². The average Bonchev–Trinajstić information content (AvgIpc) is 3.10. The Labute approximate surface area is 177 Å². The molecule has 2 saturated heterocycles. The van der Waals surface area contributed by atoms with Gasteiger partial charge in [0, 0.05) is 30.7 Å². The summed E-state index contributed by atoms with van der Waals surface area (Å²) in [5.74, 6) is -1.58. The van der Waals surface area contributed by atoms with Crippen LogP contribution >= 0.6 is 11.6 Å². The molecule has 0 spiro atoms. The van der Waals surface area contributed by atoms with Crippen LogP contribution in [0, 0.1) is 24.5 Å². The van der Waals surface area contributed by atoms with Gasteiger partial charge in [-0.2, -0.15) is 9.37 Å². The Hall–Kier alpha value is -2.94. The summed E-state index contributed by atoms with van der Waals surface area (Å²) in [6.07, 6.45) is 0. The molecule has 4 rings (SSSR count). The molecule has 0 bridgehead atoms. The first-order chi connectivity index (χ1) is 14.2. The molecule has 0 unspecified atom stereocenters. The zero-order chi connectivity index (χ0) is 21.8. The van der Waals surface area contributed by atoms with Crippen LogP contribution in [0.1, 0.15) is 11.3 Å². The molecule has 1 amide bonds. The maximum Gasteiger partial charge on any atom is 0.255 e. The Bertz CT molecular complexity index is 1070. The Morgan fingerprint density at radius 3 is 2.80 bits per heavy atom. The standard InChI is InChI=1S/C20H20ClF2N5O2/c1-10-16(23)17(30-4)25-19(24-10)28-8-14-18(29)27(3)11(2)26-20(14,9-28)13-7-12(22)5-6-15(13)21/h5-7,14,26H,2,8-9H2,1,3-4H3/t14-,20+/m0/s1. The fraction of sp³-hybridized carbons (Fsp3) is 0.350. The highest BCUT2D eigenvalue weighted by Gasteiger charge is 2.57. The van der Waals surface area contributed by atoms with Crippen LogP contribution in [0.15, 0.2) is 30.6 Å². The van der Waals surface area contributed by atoms with Crippen molar-refractivity contribution in [1.29, 1.82) is 0 Å². The van der Waals surface area contributed by atoms with Gasteiger partial charge in [0.25, 0.3) is 5.88 Å². The van der Waals surface area contributed by atoms with Crippen LogP contribution in [-0.4, -0.2) is 48.0 Å². The number of halogens is 3. The summed E-state index contributed by atoms with van der Waals surface area (Å²) < 4.78 is 33.3. The lowest BCUT2D eigenvalue weighted by Crippen LogP contribution is -2.60. The highest BCUT2D eigenvalue weighted by molar-refractivity contribution is 6.31. The molecule has 158 valence electrons. The van der Waals surface area contributed by atoms with Crippen LogP contribution in [0.25, 0.3) is 0 Å². The average molecular weight is 436 g/mol. The zero-order valence-corrected chi connectivity index (χ0v) is 17.4. The van der Waals surface area contributed by atoms with Crippen molar-refractivity contribution in [2.75, 3.05) is 32.1 Å². The summed E-state index contributed by atoms with van der Waals surface area (Å²) in [5.41, 5.74) is -0.505. The van der Waals surface area contributed by atoms with Crippen molar-refractivity contribution < 1.29 is 18.3 Å². The van der Waals surface area contributed by atoms with Crippen molar-refractivity contribution in [2.24, 2.45) is 5.92 Å². The first-order valence-corrected chi connectivity index (χ1v) is 9.59. The predicted molar refractivity (Wildman–Crippen MR) is 107 cm³/mol. The summed E-state index contributed by atoms with van der Waals surface area (Å²) in [6, 6.07) is 4.03. The quantitative estimate of drug-likeness (QED) is 0.799. The molecule has 2 fully saturated rings. The second kappa shape index (κ2) is 7.09. The lowest BCUT2D eigenvalue weighted by Gasteiger charge is -2.44. The number of hydrogen-bond acceptors (Lipinski definition) is 6. The van der Waals surface area contributed by atoms with Gasteiger partial charge >= 0.3 is 0 Å². The van der Waals surface area contributed by atoms with Gasteiger partial charge in [0.05, 0.1) is 24.3 Å². The fourth-order valence-corrected chi connectivity index (χ4v) is 4.39. The number of rotatable bonds is 3. The summed E-state index contributed by atoms with van der Waals surface area (Å²) >= 11 is 6.43.